The van der Waals surface area contributed by atoms with Crippen LogP contribution in [0.15, 0.2) is 23.1 Å². The first kappa shape index (κ1) is 20.2. The van der Waals surface area contributed by atoms with Crippen molar-refractivity contribution in [2.45, 2.75) is 22.6 Å². The van der Waals surface area contributed by atoms with Crippen molar-refractivity contribution < 1.29 is 18.1 Å². The first-order valence-electron chi connectivity index (χ1n) is 8.27. The van der Waals surface area contributed by atoms with E-state index in [1.165, 1.54) is 12.1 Å². The lowest BCUT2D eigenvalue weighted by Crippen LogP contribution is -2.51. The zero-order valence-electron chi connectivity index (χ0n) is 14.8. The van der Waals surface area contributed by atoms with Crippen LogP contribution >= 0.6 is 23.2 Å². The van der Waals surface area contributed by atoms with Gasteiger partial charge in [0.15, 0.2) is 9.84 Å². The van der Waals surface area contributed by atoms with Gasteiger partial charge < -0.3 is 9.80 Å². The van der Waals surface area contributed by atoms with Crippen LogP contribution in [0.5, 0.6) is 0 Å². The molecule has 0 bridgehead atoms. The maximum absolute atomic E-state index is 12.6. The summed E-state index contributed by atoms with van der Waals surface area (Å²) < 4.78 is 22.3. The number of anilines is 1. The van der Waals surface area contributed by atoms with Crippen LogP contribution < -0.4 is 4.90 Å². The summed E-state index contributed by atoms with van der Waals surface area (Å²) in [5.74, 6) is -0.117. The van der Waals surface area contributed by atoms with Crippen molar-refractivity contribution in [3.05, 3.63) is 28.3 Å². The molecule has 1 amide bonds. The molecule has 1 unspecified atom stereocenters. The van der Waals surface area contributed by atoms with Crippen molar-refractivity contribution in [2.24, 2.45) is 5.41 Å². The predicted molar refractivity (Wildman–Crippen MR) is 102 cm³/mol. The molecule has 0 radical (unpaired) electrons. The van der Waals surface area contributed by atoms with E-state index in [1.54, 1.807) is 16.7 Å². The zero-order chi connectivity index (χ0) is 20.2. The van der Waals surface area contributed by atoms with Gasteiger partial charge in [-0.05, 0) is 25.5 Å². The van der Waals surface area contributed by atoms with Crippen LogP contribution in [-0.2, 0) is 14.6 Å². The second kappa shape index (κ2) is 6.49. The summed E-state index contributed by atoms with van der Waals surface area (Å²) in [7, 11) is -3.55. The summed E-state index contributed by atoms with van der Waals surface area (Å²) in [5, 5.41) is 11.4. The summed E-state index contributed by atoms with van der Waals surface area (Å²) in [4.78, 5) is 26.8. The van der Waals surface area contributed by atoms with Crippen molar-refractivity contribution in [1.29, 1.82) is 0 Å². The maximum Gasteiger partial charge on any atom is 0.293 e. The lowest BCUT2D eigenvalue weighted by Gasteiger charge is -2.37. The van der Waals surface area contributed by atoms with Gasteiger partial charge in [0.25, 0.3) is 5.69 Å². The van der Waals surface area contributed by atoms with Gasteiger partial charge in [0.05, 0.1) is 15.2 Å². The quantitative estimate of drug-likeness (QED) is 0.408. The Kier molecular flexibility index (Phi) is 4.85. The molecule has 1 aliphatic carbocycles. The number of piperazine rings is 1. The van der Waals surface area contributed by atoms with E-state index in [-0.39, 0.29) is 16.5 Å². The summed E-state index contributed by atoms with van der Waals surface area (Å²) in [6.45, 7) is 3.26. The molecule has 1 aliphatic heterocycles. The number of nitrogens with zero attached hydrogens (tertiary/aromatic N) is 3. The summed E-state index contributed by atoms with van der Waals surface area (Å²) in [6.07, 6.45) is 1.41. The molecule has 148 valence electrons. The van der Waals surface area contributed by atoms with E-state index in [4.69, 9.17) is 23.2 Å². The molecule has 1 atom stereocenters. The molecular weight excluding hydrogens is 417 g/mol. The van der Waals surface area contributed by atoms with Crippen LogP contribution in [-0.4, -0.2) is 60.9 Å². The molecule has 0 spiro atoms. The number of nitro benzene ring substituents is 1. The van der Waals surface area contributed by atoms with Crippen LogP contribution in [0.25, 0.3) is 0 Å². The third-order valence-corrected chi connectivity index (χ3v) is 7.42. The highest BCUT2D eigenvalue weighted by Gasteiger charge is 2.68. The van der Waals surface area contributed by atoms with Gasteiger partial charge in [-0.3, -0.25) is 14.9 Å². The van der Waals surface area contributed by atoms with Gasteiger partial charge in [0, 0.05) is 38.5 Å². The second-order valence-electron chi connectivity index (χ2n) is 7.17. The van der Waals surface area contributed by atoms with Gasteiger partial charge in [-0.25, -0.2) is 8.42 Å². The number of sulfone groups is 1. The average molecular weight is 436 g/mol. The largest absolute Gasteiger partial charge is 0.362 e. The van der Waals surface area contributed by atoms with E-state index in [0.29, 0.717) is 38.3 Å². The molecule has 2 fully saturated rings. The van der Waals surface area contributed by atoms with Crippen molar-refractivity contribution in [3.63, 3.8) is 0 Å². The van der Waals surface area contributed by atoms with Crippen LogP contribution in [0, 0.1) is 15.5 Å². The molecule has 8 nitrogen and oxygen atoms in total. The van der Waals surface area contributed by atoms with E-state index < -0.39 is 24.5 Å². The van der Waals surface area contributed by atoms with E-state index in [0.717, 1.165) is 12.3 Å². The molecule has 0 N–H and O–H groups in total. The fraction of sp³-hybridized carbons (Fsp3) is 0.562. The number of hydrogen-bond donors (Lipinski definition) is 0. The summed E-state index contributed by atoms with van der Waals surface area (Å²) >= 11 is 12.2. The van der Waals surface area contributed by atoms with Crippen LogP contribution in [0.2, 0.25) is 0 Å². The predicted octanol–water partition coefficient (Wildman–Crippen LogP) is 2.23. The zero-order valence-corrected chi connectivity index (χ0v) is 17.1. The molecule has 1 aromatic rings. The first-order valence-corrected chi connectivity index (χ1v) is 10.9. The van der Waals surface area contributed by atoms with Gasteiger partial charge >= 0.3 is 0 Å². The third kappa shape index (κ3) is 3.60. The van der Waals surface area contributed by atoms with Crippen LogP contribution in [0.4, 0.5) is 11.4 Å². The standard InChI is InChI=1S/C16H19Cl2N3O5S/c1-15(10-16(15,17)18)14(22)20-7-5-19(6-8-20)12-4-3-11(27(2,25)26)9-13(12)21(23)24/h3-4,9H,5-8,10H2,1-2H3. The number of hydrogen-bond acceptors (Lipinski definition) is 6. The van der Waals surface area contributed by atoms with E-state index in [2.05, 4.69) is 0 Å². The topological polar surface area (TPSA) is 101 Å². The van der Waals surface area contributed by atoms with Crippen molar-refractivity contribution in [2.75, 3.05) is 37.3 Å². The van der Waals surface area contributed by atoms with Gasteiger partial charge in [-0.15, -0.1) is 23.2 Å². The average Bonchev–Trinajstić information content (AvgIpc) is 3.12. The molecule has 1 saturated heterocycles. The fourth-order valence-electron chi connectivity index (χ4n) is 3.28. The number of nitro groups is 1. The molecule has 1 aromatic carbocycles. The molecule has 1 heterocycles. The molecule has 3 rings (SSSR count). The molecule has 27 heavy (non-hydrogen) atoms. The van der Waals surface area contributed by atoms with Crippen LogP contribution in [0.3, 0.4) is 0 Å². The molecule has 1 saturated carbocycles. The van der Waals surface area contributed by atoms with Gasteiger partial charge in [0.1, 0.15) is 10.0 Å². The highest BCUT2D eigenvalue weighted by molar-refractivity contribution is 7.90. The Morgan fingerprint density at radius 2 is 1.78 bits per heavy atom. The Balaban J connectivity index is 1.77. The lowest BCUT2D eigenvalue weighted by molar-refractivity contribution is -0.384. The van der Waals surface area contributed by atoms with E-state index in [1.807, 2.05) is 0 Å². The molecule has 11 heteroatoms. The second-order valence-corrected chi connectivity index (χ2v) is 10.7. The minimum absolute atomic E-state index is 0.103. The Hall–Kier alpha value is -1.58. The minimum Gasteiger partial charge on any atom is -0.362 e. The third-order valence-electron chi connectivity index (χ3n) is 5.21. The number of amides is 1. The molecule has 2 aliphatic rings. The molecule has 0 aromatic heterocycles. The number of carbonyl (C=O) groups excluding carboxylic acids is 1. The first-order chi connectivity index (χ1) is 12.4. The highest BCUT2D eigenvalue weighted by Crippen LogP contribution is 2.64. The number of rotatable bonds is 4. The number of alkyl halides is 2. The maximum atomic E-state index is 12.6. The number of halogens is 2. The number of carbonyl (C=O) groups is 1. The smallest absolute Gasteiger partial charge is 0.293 e. The Morgan fingerprint density at radius 1 is 1.22 bits per heavy atom. The van der Waals surface area contributed by atoms with Gasteiger partial charge in [-0.2, -0.15) is 0 Å². The minimum atomic E-state index is -3.55. The fourth-order valence-corrected chi connectivity index (χ4v) is 4.62. The van der Waals surface area contributed by atoms with Crippen molar-refractivity contribution in [1.82, 2.24) is 4.90 Å². The van der Waals surface area contributed by atoms with Crippen molar-refractivity contribution in [3.8, 4) is 0 Å². The van der Waals surface area contributed by atoms with E-state index in [9.17, 15) is 23.3 Å². The van der Waals surface area contributed by atoms with Gasteiger partial charge in [-0.1, -0.05) is 0 Å². The SMILES string of the molecule is CC1(C(=O)N2CCN(c3ccc(S(C)(=O)=O)cc3[N+](=O)[O-])CC2)CC1(Cl)Cl. The Labute approximate surface area is 167 Å². The lowest BCUT2D eigenvalue weighted by atomic mass is 10.1. The molecular formula is C16H19Cl2N3O5S. The van der Waals surface area contributed by atoms with Gasteiger partial charge in [0.2, 0.25) is 5.91 Å². The summed E-state index contributed by atoms with van der Waals surface area (Å²) in [6, 6.07) is 3.87. The Morgan fingerprint density at radius 3 is 2.22 bits per heavy atom. The van der Waals surface area contributed by atoms with E-state index >= 15 is 0 Å². The van der Waals surface area contributed by atoms with Crippen LogP contribution in [0.1, 0.15) is 13.3 Å². The summed E-state index contributed by atoms with van der Waals surface area (Å²) in [5.41, 5.74) is -0.727. The Bertz CT molecular complexity index is 913. The normalized spacial score (nSPS) is 24.6. The number of benzene rings is 1. The highest BCUT2D eigenvalue weighted by atomic mass is 35.5. The van der Waals surface area contributed by atoms with Crippen molar-refractivity contribution >= 4 is 50.3 Å². The monoisotopic (exact) mass is 435 g/mol.